The summed E-state index contributed by atoms with van der Waals surface area (Å²) >= 11 is 5.78. The topological polar surface area (TPSA) is 97.1 Å². The van der Waals surface area contributed by atoms with Crippen LogP contribution in [-0.2, 0) is 0 Å². The lowest BCUT2D eigenvalue weighted by Gasteiger charge is -2.05. The Morgan fingerprint density at radius 2 is 1.59 bits per heavy atom. The number of carbonyl (C=O) groups is 2. The summed E-state index contributed by atoms with van der Waals surface area (Å²) in [6, 6.07) is 14.1. The molecule has 3 aromatic rings. The molecule has 0 aliphatic rings. The van der Waals surface area contributed by atoms with E-state index in [0.717, 1.165) is 11.1 Å². The van der Waals surface area contributed by atoms with E-state index in [1.165, 1.54) is 0 Å². The van der Waals surface area contributed by atoms with Gasteiger partial charge in [0.25, 0.3) is 5.91 Å². The first-order valence-electron chi connectivity index (χ1n) is 8.25. The van der Waals surface area contributed by atoms with Gasteiger partial charge in [-0.2, -0.15) is 4.98 Å². The van der Waals surface area contributed by atoms with Gasteiger partial charge in [-0.3, -0.25) is 9.59 Å². The lowest BCUT2D eigenvalue weighted by Crippen LogP contribution is -2.34. The van der Waals surface area contributed by atoms with Gasteiger partial charge in [0, 0.05) is 29.2 Å². The second-order valence-corrected chi connectivity index (χ2v) is 6.24. The molecule has 0 aliphatic heterocycles. The van der Waals surface area contributed by atoms with Crippen molar-refractivity contribution >= 4 is 23.4 Å². The van der Waals surface area contributed by atoms with Crippen molar-refractivity contribution in [1.29, 1.82) is 0 Å². The predicted molar refractivity (Wildman–Crippen MR) is 101 cm³/mol. The largest absolute Gasteiger partial charge is 0.350 e. The Hall–Kier alpha value is -3.19. The average molecular weight is 385 g/mol. The standard InChI is InChI=1S/C19H17ClN4O3/c1-12-2-4-13(5-3-12)16-23-19(27-24-16)18(26)22-11-10-21-17(25)14-6-8-15(20)9-7-14/h2-9H,10-11H2,1H3,(H,21,25)(H,22,26). The SMILES string of the molecule is Cc1ccc(-c2noc(C(=O)NCCNC(=O)c3ccc(Cl)cc3)n2)cc1. The van der Waals surface area contributed by atoms with Gasteiger partial charge in [-0.25, -0.2) is 0 Å². The highest BCUT2D eigenvalue weighted by Crippen LogP contribution is 2.16. The normalized spacial score (nSPS) is 10.4. The van der Waals surface area contributed by atoms with Gasteiger partial charge in [0.15, 0.2) is 0 Å². The van der Waals surface area contributed by atoms with E-state index < -0.39 is 5.91 Å². The van der Waals surface area contributed by atoms with Crippen molar-refractivity contribution in [3.05, 3.63) is 70.6 Å². The summed E-state index contributed by atoms with van der Waals surface area (Å²) in [7, 11) is 0. The van der Waals surface area contributed by atoms with Crippen LogP contribution in [-0.4, -0.2) is 35.0 Å². The lowest BCUT2D eigenvalue weighted by molar-refractivity contribution is 0.0898. The third-order valence-electron chi connectivity index (χ3n) is 3.73. The average Bonchev–Trinajstić information content (AvgIpc) is 3.16. The summed E-state index contributed by atoms with van der Waals surface area (Å²) in [6.45, 7) is 2.46. The van der Waals surface area contributed by atoms with Crippen LogP contribution in [0.2, 0.25) is 5.02 Å². The third-order valence-corrected chi connectivity index (χ3v) is 3.98. The molecule has 0 atom stereocenters. The second-order valence-electron chi connectivity index (χ2n) is 5.81. The van der Waals surface area contributed by atoms with E-state index in [-0.39, 0.29) is 24.9 Å². The van der Waals surface area contributed by atoms with Crippen molar-refractivity contribution in [1.82, 2.24) is 20.8 Å². The first-order chi connectivity index (χ1) is 13.0. The Morgan fingerprint density at radius 3 is 2.26 bits per heavy atom. The number of nitrogens with one attached hydrogen (secondary N) is 2. The fraction of sp³-hybridized carbons (Fsp3) is 0.158. The first kappa shape index (κ1) is 18.6. The van der Waals surface area contributed by atoms with E-state index in [9.17, 15) is 9.59 Å². The number of hydrogen-bond acceptors (Lipinski definition) is 5. The number of rotatable bonds is 6. The van der Waals surface area contributed by atoms with E-state index in [2.05, 4.69) is 20.8 Å². The second kappa shape index (κ2) is 8.46. The van der Waals surface area contributed by atoms with Gasteiger partial charge >= 0.3 is 11.8 Å². The quantitative estimate of drug-likeness (QED) is 0.637. The summed E-state index contributed by atoms with van der Waals surface area (Å²) < 4.78 is 5.00. The van der Waals surface area contributed by atoms with E-state index in [1.807, 2.05) is 31.2 Å². The third kappa shape index (κ3) is 4.92. The van der Waals surface area contributed by atoms with Gasteiger partial charge in [0.05, 0.1) is 0 Å². The molecule has 0 radical (unpaired) electrons. The number of halogens is 1. The maximum absolute atomic E-state index is 12.1. The number of aromatic nitrogens is 2. The Bertz CT molecular complexity index is 936. The van der Waals surface area contributed by atoms with Crippen molar-refractivity contribution in [3.8, 4) is 11.4 Å². The minimum absolute atomic E-state index is 0.130. The van der Waals surface area contributed by atoms with Crippen LogP contribution in [0.3, 0.4) is 0 Å². The predicted octanol–water partition coefficient (Wildman–Crippen LogP) is 2.86. The zero-order chi connectivity index (χ0) is 19.2. The van der Waals surface area contributed by atoms with Crippen LogP contribution < -0.4 is 10.6 Å². The summed E-state index contributed by atoms with van der Waals surface area (Å²) in [6.07, 6.45) is 0. The molecule has 3 rings (SSSR count). The monoisotopic (exact) mass is 384 g/mol. The molecule has 2 amide bonds. The molecule has 0 saturated heterocycles. The molecule has 8 heteroatoms. The molecule has 0 spiro atoms. The summed E-state index contributed by atoms with van der Waals surface area (Å²) in [4.78, 5) is 28.1. The Balaban J connectivity index is 1.47. The summed E-state index contributed by atoms with van der Waals surface area (Å²) in [5.41, 5.74) is 2.37. The highest BCUT2D eigenvalue weighted by molar-refractivity contribution is 6.30. The molecule has 7 nitrogen and oxygen atoms in total. The zero-order valence-corrected chi connectivity index (χ0v) is 15.3. The number of carbonyl (C=O) groups excluding carboxylic acids is 2. The van der Waals surface area contributed by atoms with E-state index in [4.69, 9.17) is 16.1 Å². The number of benzene rings is 2. The van der Waals surface area contributed by atoms with Crippen LogP contribution in [0.25, 0.3) is 11.4 Å². The van der Waals surface area contributed by atoms with Crippen molar-refractivity contribution in [2.24, 2.45) is 0 Å². The molecule has 0 unspecified atom stereocenters. The maximum Gasteiger partial charge on any atom is 0.316 e. The molecular formula is C19H17ClN4O3. The highest BCUT2D eigenvalue weighted by atomic mass is 35.5. The number of aryl methyl sites for hydroxylation is 1. The molecule has 0 aliphatic carbocycles. The van der Waals surface area contributed by atoms with Crippen molar-refractivity contribution in [2.45, 2.75) is 6.92 Å². The number of hydrogen-bond donors (Lipinski definition) is 2. The molecule has 27 heavy (non-hydrogen) atoms. The first-order valence-corrected chi connectivity index (χ1v) is 8.63. The van der Waals surface area contributed by atoms with E-state index in [0.29, 0.717) is 16.4 Å². The fourth-order valence-corrected chi connectivity index (χ4v) is 2.39. The summed E-state index contributed by atoms with van der Waals surface area (Å²) in [5.74, 6) is -0.534. The smallest absolute Gasteiger partial charge is 0.316 e. The van der Waals surface area contributed by atoms with E-state index >= 15 is 0 Å². The molecular weight excluding hydrogens is 368 g/mol. The van der Waals surface area contributed by atoms with Gasteiger partial charge in [-0.1, -0.05) is 46.6 Å². The molecule has 2 aromatic carbocycles. The van der Waals surface area contributed by atoms with Crippen LogP contribution >= 0.6 is 11.6 Å². The van der Waals surface area contributed by atoms with Gasteiger partial charge < -0.3 is 15.2 Å². The van der Waals surface area contributed by atoms with Crippen molar-refractivity contribution in [2.75, 3.05) is 13.1 Å². The molecule has 0 bridgehead atoms. The minimum Gasteiger partial charge on any atom is -0.350 e. The Morgan fingerprint density at radius 1 is 0.963 bits per heavy atom. The van der Waals surface area contributed by atoms with Gasteiger partial charge in [-0.05, 0) is 31.2 Å². The van der Waals surface area contributed by atoms with Gasteiger partial charge in [0.2, 0.25) is 5.82 Å². The van der Waals surface area contributed by atoms with Crippen LogP contribution in [0.1, 0.15) is 26.6 Å². The van der Waals surface area contributed by atoms with Gasteiger partial charge in [0.1, 0.15) is 0 Å². The van der Waals surface area contributed by atoms with Crippen LogP contribution in [0, 0.1) is 6.92 Å². The molecule has 0 fully saturated rings. The van der Waals surface area contributed by atoms with Crippen LogP contribution in [0.5, 0.6) is 0 Å². The highest BCUT2D eigenvalue weighted by Gasteiger charge is 2.15. The molecule has 1 heterocycles. The number of nitrogens with zero attached hydrogens (tertiary/aromatic N) is 2. The van der Waals surface area contributed by atoms with E-state index in [1.54, 1.807) is 24.3 Å². The zero-order valence-electron chi connectivity index (χ0n) is 14.5. The Labute approximate surface area is 160 Å². The van der Waals surface area contributed by atoms with Crippen LogP contribution in [0.4, 0.5) is 0 Å². The molecule has 0 saturated carbocycles. The summed E-state index contributed by atoms with van der Waals surface area (Å²) in [5, 5.41) is 9.69. The van der Waals surface area contributed by atoms with Crippen molar-refractivity contribution < 1.29 is 14.1 Å². The minimum atomic E-state index is -0.499. The molecule has 1 aromatic heterocycles. The van der Waals surface area contributed by atoms with Gasteiger partial charge in [-0.15, -0.1) is 0 Å². The fourth-order valence-electron chi connectivity index (χ4n) is 2.27. The molecule has 2 N–H and O–H groups in total. The Kier molecular flexibility index (Phi) is 5.83. The number of amides is 2. The maximum atomic E-state index is 12.1. The lowest BCUT2D eigenvalue weighted by atomic mass is 10.1. The van der Waals surface area contributed by atoms with Crippen LogP contribution in [0.15, 0.2) is 53.1 Å². The molecule has 138 valence electrons. The van der Waals surface area contributed by atoms with Crippen molar-refractivity contribution in [3.63, 3.8) is 0 Å².